The molecule has 0 atom stereocenters. The summed E-state index contributed by atoms with van der Waals surface area (Å²) in [5, 5.41) is 0. The Hall–Kier alpha value is -0.880. The lowest BCUT2D eigenvalue weighted by Crippen LogP contribution is -2.28. The van der Waals surface area contributed by atoms with Gasteiger partial charge in [0.15, 0.2) is 0 Å². The Morgan fingerprint density at radius 3 is 2.56 bits per heavy atom. The minimum Gasteiger partial charge on any atom is -0.378 e. The highest BCUT2D eigenvalue weighted by Crippen LogP contribution is 2.13. The SMILES string of the molecule is CCN(CC)c1nc(COC)c(Br)c(=O)[nH]1. The third-order valence-corrected chi connectivity index (χ3v) is 3.08. The van der Waals surface area contributed by atoms with Crippen molar-refractivity contribution < 1.29 is 4.74 Å². The van der Waals surface area contributed by atoms with E-state index in [1.165, 1.54) is 0 Å². The van der Waals surface area contributed by atoms with Crippen molar-refractivity contribution in [1.82, 2.24) is 9.97 Å². The summed E-state index contributed by atoms with van der Waals surface area (Å²) < 4.78 is 5.44. The maximum absolute atomic E-state index is 11.6. The Balaban J connectivity index is 3.17. The molecule has 16 heavy (non-hydrogen) atoms. The molecule has 0 amide bonds. The zero-order valence-corrected chi connectivity index (χ0v) is 11.3. The van der Waals surface area contributed by atoms with E-state index in [1.54, 1.807) is 7.11 Å². The average molecular weight is 290 g/mol. The lowest BCUT2D eigenvalue weighted by atomic mass is 10.4. The van der Waals surface area contributed by atoms with E-state index in [0.29, 0.717) is 22.7 Å². The molecule has 0 fully saturated rings. The van der Waals surface area contributed by atoms with Crippen molar-refractivity contribution in [3.63, 3.8) is 0 Å². The van der Waals surface area contributed by atoms with Crippen LogP contribution in [0.1, 0.15) is 19.5 Å². The van der Waals surface area contributed by atoms with Gasteiger partial charge >= 0.3 is 0 Å². The number of rotatable bonds is 5. The van der Waals surface area contributed by atoms with Gasteiger partial charge in [0.2, 0.25) is 5.95 Å². The van der Waals surface area contributed by atoms with Gasteiger partial charge in [0.1, 0.15) is 4.47 Å². The van der Waals surface area contributed by atoms with Gasteiger partial charge in [-0.2, -0.15) is 0 Å². The minimum absolute atomic E-state index is 0.177. The second kappa shape index (κ2) is 6.00. The Morgan fingerprint density at radius 1 is 1.44 bits per heavy atom. The molecule has 6 heteroatoms. The smallest absolute Gasteiger partial charge is 0.266 e. The van der Waals surface area contributed by atoms with E-state index in [2.05, 4.69) is 25.9 Å². The third-order valence-electron chi connectivity index (χ3n) is 2.26. The summed E-state index contributed by atoms with van der Waals surface area (Å²) in [5.74, 6) is 0.588. The molecule has 1 heterocycles. The first-order valence-electron chi connectivity index (χ1n) is 5.16. The van der Waals surface area contributed by atoms with Gasteiger partial charge in [-0.1, -0.05) is 0 Å². The Labute approximate surface area is 103 Å². The van der Waals surface area contributed by atoms with E-state index in [4.69, 9.17) is 4.74 Å². The largest absolute Gasteiger partial charge is 0.378 e. The molecule has 0 spiro atoms. The minimum atomic E-state index is -0.177. The molecule has 0 aliphatic carbocycles. The van der Waals surface area contributed by atoms with E-state index >= 15 is 0 Å². The van der Waals surface area contributed by atoms with Crippen LogP contribution in [0.25, 0.3) is 0 Å². The van der Waals surface area contributed by atoms with Gasteiger partial charge in [-0.3, -0.25) is 9.78 Å². The van der Waals surface area contributed by atoms with Crippen molar-refractivity contribution in [3.8, 4) is 0 Å². The van der Waals surface area contributed by atoms with Gasteiger partial charge in [0, 0.05) is 20.2 Å². The number of nitrogens with zero attached hydrogens (tertiary/aromatic N) is 2. The van der Waals surface area contributed by atoms with Crippen LogP contribution in [0, 0.1) is 0 Å². The van der Waals surface area contributed by atoms with Crippen molar-refractivity contribution in [1.29, 1.82) is 0 Å². The first-order valence-corrected chi connectivity index (χ1v) is 5.95. The molecule has 5 nitrogen and oxygen atoms in total. The van der Waals surface area contributed by atoms with Crippen LogP contribution < -0.4 is 10.5 Å². The Kier molecular flexibility index (Phi) is 4.95. The first kappa shape index (κ1) is 13.2. The molecule has 0 aliphatic heterocycles. The van der Waals surface area contributed by atoms with E-state index in [1.807, 2.05) is 18.7 Å². The molecule has 1 aromatic rings. The van der Waals surface area contributed by atoms with Gasteiger partial charge in [-0.25, -0.2) is 4.98 Å². The lowest BCUT2D eigenvalue weighted by molar-refractivity contribution is 0.180. The summed E-state index contributed by atoms with van der Waals surface area (Å²) in [6.45, 7) is 5.95. The molecule has 90 valence electrons. The number of hydrogen-bond donors (Lipinski definition) is 1. The van der Waals surface area contributed by atoms with Crippen LogP contribution in [-0.2, 0) is 11.3 Å². The van der Waals surface area contributed by atoms with Crippen LogP contribution in [0.3, 0.4) is 0 Å². The number of nitrogens with one attached hydrogen (secondary N) is 1. The van der Waals surface area contributed by atoms with E-state index in [-0.39, 0.29) is 5.56 Å². The van der Waals surface area contributed by atoms with Crippen LogP contribution in [-0.4, -0.2) is 30.2 Å². The van der Waals surface area contributed by atoms with Crippen molar-refractivity contribution in [3.05, 3.63) is 20.5 Å². The van der Waals surface area contributed by atoms with Gasteiger partial charge < -0.3 is 9.64 Å². The van der Waals surface area contributed by atoms with Crippen LogP contribution in [0.5, 0.6) is 0 Å². The van der Waals surface area contributed by atoms with E-state index in [0.717, 1.165) is 13.1 Å². The summed E-state index contributed by atoms with van der Waals surface area (Å²) in [6.07, 6.45) is 0. The number of ether oxygens (including phenoxy) is 1. The molecule has 0 aromatic carbocycles. The van der Waals surface area contributed by atoms with Crippen LogP contribution in [0.4, 0.5) is 5.95 Å². The molecule has 0 saturated heterocycles. The molecule has 1 N–H and O–H groups in total. The van der Waals surface area contributed by atoms with Crippen molar-refractivity contribution in [2.45, 2.75) is 20.5 Å². The maximum atomic E-state index is 11.6. The number of methoxy groups -OCH3 is 1. The van der Waals surface area contributed by atoms with Crippen molar-refractivity contribution in [2.75, 3.05) is 25.1 Å². The van der Waals surface area contributed by atoms with Crippen molar-refractivity contribution in [2.24, 2.45) is 0 Å². The normalized spacial score (nSPS) is 10.5. The summed E-state index contributed by atoms with van der Waals surface area (Å²) >= 11 is 3.20. The lowest BCUT2D eigenvalue weighted by Gasteiger charge is -2.19. The Morgan fingerprint density at radius 2 is 2.06 bits per heavy atom. The monoisotopic (exact) mass is 289 g/mol. The fourth-order valence-electron chi connectivity index (χ4n) is 1.40. The van der Waals surface area contributed by atoms with Crippen LogP contribution >= 0.6 is 15.9 Å². The highest BCUT2D eigenvalue weighted by atomic mass is 79.9. The number of aromatic nitrogens is 2. The van der Waals surface area contributed by atoms with Crippen LogP contribution in [0.15, 0.2) is 9.27 Å². The van der Waals surface area contributed by atoms with Crippen molar-refractivity contribution >= 4 is 21.9 Å². The molecule has 1 aromatic heterocycles. The highest BCUT2D eigenvalue weighted by Gasteiger charge is 2.11. The molecule has 1 rings (SSSR count). The van der Waals surface area contributed by atoms with Gasteiger partial charge in [-0.15, -0.1) is 0 Å². The number of hydrogen-bond acceptors (Lipinski definition) is 4. The summed E-state index contributed by atoms with van der Waals surface area (Å²) in [6, 6.07) is 0. The van der Waals surface area contributed by atoms with Crippen LogP contribution in [0.2, 0.25) is 0 Å². The average Bonchev–Trinajstić information content (AvgIpc) is 2.27. The zero-order chi connectivity index (χ0) is 12.1. The molecule has 0 unspecified atom stereocenters. The predicted molar refractivity (Wildman–Crippen MR) is 66.8 cm³/mol. The zero-order valence-electron chi connectivity index (χ0n) is 9.71. The maximum Gasteiger partial charge on any atom is 0.266 e. The Bertz CT molecular complexity index is 402. The fraction of sp³-hybridized carbons (Fsp3) is 0.600. The second-order valence-corrected chi connectivity index (χ2v) is 4.05. The standard InChI is InChI=1S/C10H16BrN3O2/c1-4-14(5-2)10-12-7(6-16-3)8(11)9(15)13-10/h4-6H2,1-3H3,(H,12,13,15). The second-order valence-electron chi connectivity index (χ2n) is 3.26. The van der Waals surface area contributed by atoms with E-state index < -0.39 is 0 Å². The first-order chi connectivity index (χ1) is 7.63. The highest BCUT2D eigenvalue weighted by molar-refractivity contribution is 9.10. The number of halogens is 1. The predicted octanol–water partition coefficient (Wildman–Crippen LogP) is 1.52. The molecular formula is C10H16BrN3O2. The quantitative estimate of drug-likeness (QED) is 0.893. The topological polar surface area (TPSA) is 58.2 Å². The van der Waals surface area contributed by atoms with Gasteiger partial charge in [-0.05, 0) is 29.8 Å². The van der Waals surface area contributed by atoms with E-state index in [9.17, 15) is 4.79 Å². The van der Waals surface area contributed by atoms with Gasteiger partial charge in [0.25, 0.3) is 5.56 Å². The summed E-state index contributed by atoms with van der Waals surface area (Å²) in [4.78, 5) is 20.7. The number of H-pyrrole nitrogens is 1. The summed E-state index contributed by atoms with van der Waals surface area (Å²) in [7, 11) is 1.58. The number of anilines is 1. The molecule has 0 saturated carbocycles. The molecule has 0 radical (unpaired) electrons. The molecule has 0 aliphatic rings. The number of aromatic amines is 1. The molecular weight excluding hydrogens is 274 g/mol. The summed E-state index contributed by atoms with van der Waals surface area (Å²) in [5.41, 5.74) is 0.442. The fourth-order valence-corrected chi connectivity index (χ4v) is 1.70. The van der Waals surface area contributed by atoms with Gasteiger partial charge in [0.05, 0.1) is 12.3 Å². The molecule has 0 bridgehead atoms. The third kappa shape index (κ3) is 2.82.